The molecule has 0 spiro atoms. The highest BCUT2D eigenvalue weighted by Gasteiger charge is 2.25. The van der Waals surface area contributed by atoms with Crippen LogP contribution in [0.1, 0.15) is 38.4 Å². The Morgan fingerprint density at radius 2 is 1.76 bits per heavy atom. The Morgan fingerprint density at radius 3 is 2.38 bits per heavy atom. The van der Waals surface area contributed by atoms with E-state index in [1.807, 2.05) is 65.3 Å². The fraction of sp³-hybridized carbons (Fsp3) is 0.393. The van der Waals surface area contributed by atoms with Gasteiger partial charge in [0.05, 0.1) is 29.7 Å². The number of rotatable bonds is 13. The number of aliphatic hydroxyl groups excluding tert-OH is 1. The summed E-state index contributed by atoms with van der Waals surface area (Å²) in [6.07, 6.45) is 6.33. The number of hydrogen-bond donors (Lipinski definition) is 1. The molecule has 2 aromatic carbocycles. The number of ether oxygens (including phenoxy) is 2. The van der Waals surface area contributed by atoms with Crippen LogP contribution in [-0.2, 0) is 17.7 Å². The maximum atomic E-state index is 10.6. The van der Waals surface area contributed by atoms with E-state index in [4.69, 9.17) is 21.0 Å². The Morgan fingerprint density at radius 1 is 1.09 bits per heavy atom. The Balaban J connectivity index is 1.98. The van der Waals surface area contributed by atoms with Gasteiger partial charge in [-0.15, -0.1) is 6.42 Å². The summed E-state index contributed by atoms with van der Waals surface area (Å²) in [6, 6.07) is 20.0. The molecule has 0 saturated carbocycles. The van der Waals surface area contributed by atoms with Crippen LogP contribution in [0.3, 0.4) is 0 Å². The molecule has 180 valence electrons. The van der Waals surface area contributed by atoms with Gasteiger partial charge in [0.1, 0.15) is 12.4 Å². The standard InChI is InChI=1S/C28H35N3O3/c1-5-18-33-21-24(32)19-30(22(4)6-2)20-26-27(7-3)29-31(23-14-10-8-11-15-23)28(26)34-25-16-12-9-13-17-25/h1,8-17,22,24,32H,6-7,18-21H2,2-4H3/t22-,24+/m1/s1. The van der Waals surface area contributed by atoms with Gasteiger partial charge in [0.15, 0.2) is 0 Å². The van der Waals surface area contributed by atoms with Gasteiger partial charge in [-0.2, -0.15) is 5.10 Å². The van der Waals surface area contributed by atoms with Gasteiger partial charge in [0.2, 0.25) is 5.88 Å². The average molecular weight is 462 g/mol. The maximum absolute atomic E-state index is 10.6. The molecule has 0 bridgehead atoms. The van der Waals surface area contributed by atoms with Gasteiger partial charge >= 0.3 is 0 Å². The normalized spacial score (nSPS) is 12.9. The Kier molecular flexibility index (Phi) is 9.72. The molecule has 6 nitrogen and oxygen atoms in total. The fourth-order valence-corrected chi connectivity index (χ4v) is 3.81. The van der Waals surface area contributed by atoms with Crippen molar-refractivity contribution >= 4 is 0 Å². The number of para-hydroxylation sites is 2. The van der Waals surface area contributed by atoms with E-state index in [2.05, 4.69) is 31.6 Å². The predicted molar refractivity (Wildman–Crippen MR) is 135 cm³/mol. The number of benzene rings is 2. The zero-order chi connectivity index (χ0) is 24.3. The van der Waals surface area contributed by atoms with Crippen molar-refractivity contribution in [1.29, 1.82) is 0 Å². The lowest BCUT2D eigenvalue weighted by atomic mass is 10.1. The van der Waals surface area contributed by atoms with Crippen molar-refractivity contribution in [3.05, 3.63) is 71.9 Å². The third-order valence-corrected chi connectivity index (χ3v) is 5.83. The molecule has 0 saturated heterocycles. The number of terminal acetylenes is 1. The van der Waals surface area contributed by atoms with Crippen molar-refractivity contribution in [3.8, 4) is 29.7 Å². The lowest BCUT2D eigenvalue weighted by Crippen LogP contribution is -2.40. The topological polar surface area (TPSA) is 59.8 Å². The van der Waals surface area contributed by atoms with E-state index in [0.29, 0.717) is 19.0 Å². The van der Waals surface area contributed by atoms with Gasteiger partial charge in [-0.05, 0) is 44.0 Å². The summed E-state index contributed by atoms with van der Waals surface area (Å²) in [5.74, 6) is 3.89. The van der Waals surface area contributed by atoms with Gasteiger partial charge < -0.3 is 14.6 Å². The summed E-state index contributed by atoms with van der Waals surface area (Å²) in [5.41, 5.74) is 2.93. The van der Waals surface area contributed by atoms with Crippen LogP contribution in [0.4, 0.5) is 0 Å². The molecular weight excluding hydrogens is 426 g/mol. The minimum absolute atomic E-state index is 0.194. The molecule has 2 atom stereocenters. The van der Waals surface area contributed by atoms with Crippen molar-refractivity contribution in [2.45, 2.75) is 52.3 Å². The van der Waals surface area contributed by atoms with Crippen LogP contribution >= 0.6 is 0 Å². The minimum atomic E-state index is -0.643. The van der Waals surface area contributed by atoms with Crippen LogP contribution in [-0.4, -0.2) is 51.7 Å². The quantitative estimate of drug-likeness (QED) is 0.292. The highest BCUT2D eigenvalue weighted by molar-refractivity contribution is 5.43. The van der Waals surface area contributed by atoms with E-state index >= 15 is 0 Å². The lowest BCUT2D eigenvalue weighted by Gasteiger charge is -2.30. The molecule has 1 N–H and O–H groups in total. The van der Waals surface area contributed by atoms with E-state index in [-0.39, 0.29) is 19.3 Å². The third kappa shape index (κ3) is 6.71. The SMILES string of the molecule is C#CCOC[C@@H](O)CN(Cc1c(CC)nn(-c2ccccc2)c1Oc1ccccc1)[C@H](C)CC. The summed E-state index contributed by atoms with van der Waals surface area (Å²) >= 11 is 0. The molecule has 0 unspecified atom stereocenters. The molecule has 34 heavy (non-hydrogen) atoms. The first-order valence-electron chi connectivity index (χ1n) is 11.9. The molecule has 0 fully saturated rings. The second kappa shape index (κ2) is 13.0. The molecule has 1 aromatic heterocycles. The molecule has 0 aliphatic carbocycles. The van der Waals surface area contributed by atoms with E-state index in [9.17, 15) is 5.11 Å². The number of aliphatic hydroxyl groups is 1. The molecule has 3 aromatic rings. The number of aryl methyl sites for hydroxylation is 1. The molecule has 0 radical (unpaired) electrons. The number of nitrogens with zero attached hydrogens (tertiary/aromatic N) is 3. The second-order valence-corrected chi connectivity index (χ2v) is 8.31. The molecule has 1 heterocycles. The van der Waals surface area contributed by atoms with E-state index in [1.54, 1.807) is 0 Å². The van der Waals surface area contributed by atoms with Gasteiger partial charge in [0.25, 0.3) is 0 Å². The van der Waals surface area contributed by atoms with Gasteiger partial charge in [-0.25, -0.2) is 4.68 Å². The van der Waals surface area contributed by atoms with Gasteiger partial charge in [-0.1, -0.05) is 56.2 Å². The predicted octanol–water partition coefficient (Wildman–Crippen LogP) is 4.84. The summed E-state index contributed by atoms with van der Waals surface area (Å²) in [5, 5.41) is 15.5. The minimum Gasteiger partial charge on any atom is -0.439 e. The number of hydrogen-bond acceptors (Lipinski definition) is 5. The summed E-state index contributed by atoms with van der Waals surface area (Å²) in [6.45, 7) is 7.87. The van der Waals surface area contributed by atoms with Crippen LogP contribution in [0.15, 0.2) is 60.7 Å². The third-order valence-electron chi connectivity index (χ3n) is 5.83. The highest BCUT2D eigenvalue weighted by Crippen LogP contribution is 2.32. The van der Waals surface area contributed by atoms with E-state index < -0.39 is 6.10 Å². The van der Waals surface area contributed by atoms with Crippen LogP contribution < -0.4 is 4.74 Å². The monoisotopic (exact) mass is 461 g/mol. The summed E-state index contributed by atoms with van der Waals surface area (Å²) in [7, 11) is 0. The van der Waals surface area contributed by atoms with Crippen LogP contribution in [0.2, 0.25) is 0 Å². The Hall–Kier alpha value is -3.11. The van der Waals surface area contributed by atoms with Crippen molar-refractivity contribution in [3.63, 3.8) is 0 Å². The molecular formula is C28H35N3O3. The first-order chi connectivity index (χ1) is 16.6. The first-order valence-corrected chi connectivity index (χ1v) is 11.9. The van der Waals surface area contributed by atoms with Gasteiger partial charge in [0, 0.05) is 19.1 Å². The smallest absolute Gasteiger partial charge is 0.227 e. The van der Waals surface area contributed by atoms with Crippen molar-refractivity contribution in [1.82, 2.24) is 14.7 Å². The van der Waals surface area contributed by atoms with Crippen molar-refractivity contribution in [2.75, 3.05) is 19.8 Å². The van der Waals surface area contributed by atoms with Crippen molar-refractivity contribution < 1.29 is 14.6 Å². The highest BCUT2D eigenvalue weighted by atomic mass is 16.5. The molecule has 3 rings (SSSR count). The van der Waals surface area contributed by atoms with Crippen LogP contribution in [0.25, 0.3) is 5.69 Å². The lowest BCUT2D eigenvalue weighted by molar-refractivity contribution is 0.0168. The largest absolute Gasteiger partial charge is 0.439 e. The van der Waals surface area contributed by atoms with E-state index in [0.717, 1.165) is 35.5 Å². The Bertz CT molecular complexity index is 1040. The summed E-state index contributed by atoms with van der Waals surface area (Å²) < 4.78 is 13.7. The van der Waals surface area contributed by atoms with Crippen molar-refractivity contribution in [2.24, 2.45) is 0 Å². The average Bonchev–Trinajstić information content (AvgIpc) is 3.21. The molecule has 0 aliphatic heterocycles. The maximum Gasteiger partial charge on any atom is 0.227 e. The van der Waals surface area contributed by atoms with Crippen LogP contribution in [0, 0.1) is 12.3 Å². The zero-order valence-electron chi connectivity index (χ0n) is 20.4. The zero-order valence-corrected chi connectivity index (χ0v) is 20.4. The fourth-order valence-electron chi connectivity index (χ4n) is 3.81. The second-order valence-electron chi connectivity index (χ2n) is 8.31. The first kappa shape index (κ1) is 25.5. The van der Waals surface area contributed by atoms with Crippen LogP contribution in [0.5, 0.6) is 11.6 Å². The molecule has 0 aliphatic rings. The number of aromatic nitrogens is 2. The van der Waals surface area contributed by atoms with Gasteiger partial charge in [-0.3, -0.25) is 4.90 Å². The molecule has 0 amide bonds. The van der Waals surface area contributed by atoms with E-state index in [1.165, 1.54) is 0 Å². The molecule has 6 heteroatoms. The Labute approximate surface area is 203 Å². The summed E-state index contributed by atoms with van der Waals surface area (Å²) in [4.78, 5) is 2.26.